The minimum absolute atomic E-state index is 0.0518. The first-order valence-electron chi connectivity index (χ1n) is 7.54. The SMILES string of the molecule is C[C@H](NC(=O)Cc1ccccc1[N+](=O)[O-])c1cc2ccccc2o1. The molecule has 0 spiro atoms. The van der Waals surface area contributed by atoms with Gasteiger partial charge in [0.2, 0.25) is 5.91 Å². The zero-order valence-electron chi connectivity index (χ0n) is 13.1. The van der Waals surface area contributed by atoms with Crippen LogP contribution in [0.2, 0.25) is 0 Å². The number of fused-ring (bicyclic) bond motifs is 1. The van der Waals surface area contributed by atoms with Gasteiger partial charge in [0.05, 0.1) is 17.4 Å². The Balaban J connectivity index is 1.71. The fourth-order valence-electron chi connectivity index (χ4n) is 2.59. The van der Waals surface area contributed by atoms with E-state index in [2.05, 4.69) is 5.32 Å². The number of nitro benzene ring substituents is 1. The molecule has 0 fully saturated rings. The smallest absolute Gasteiger partial charge is 0.273 e. The molecule has 3 aromatic rings. The molecule has 0 unspecified atom stereocenters. The van der Waals surface area contributed by atoms with Crippen LogP contribution in [0, 0.1) is 10.1 Å². The highest BCUT2D eigenvalue weighted by molar-refractivity contribution is 5.81. The van der Waals surface area contributed by atoms with Gasteiger partial charge in [0, 0.05) is 17.0 Å². The first-order chi connectivity index (χ1) is 11.5. The molecule has 0 aliphatic carbocycles. The van der Waals surface area contributed by atoms with Gasteiger partial charge in [-0.2, -0.15) is 0 Å². The Morgan fingerprint density at radius 2 is 1.92 bits per heavy atom. The fraction of sp³-hybridized carbons (Fsp3) is 0.167. The molecule has 24 heavy (non-hydrogen) atoms. The summed E-state index contributed by atoms with van der Waals surface area (Å²) >= 11 is 0. The topological polar surface area (TPSA) is 85.4 Å². The van der Waals surface area contributed by atoms with Crippen LogP contribution in [0.25, 0.3) is 11.0 Å². The van der Waals surface area contributed by atoms with E-state index in [1.54, 1.807) is 18.2 Å². The molecule has 2 aromatic carbocycles. The number of amides is 1. The lowest BCUT2D eigenvalue weighted by atomic mass is 10.1. The molecule has 3 rings (SSSR count). The normalized spacial score (nSPS) is 12.0. The van der Waals surface area contributed by atoms with Crippen molar-refractivity contribution >= 4 is 22.6 Å². The molecule has 6 heteroatoms. The number of carbonyl (C=O) groups excluding carboxylic acids is 1. The highest BCUT2D eigenvalue weighted by atomic mass is 16.6. The molecule has 0 aliphatic heterocycles. The Morgan fingerprint density at radius 3 is 2.67 bits per heavy atom. The number of carbonyl (C=O) groups is 1. The minimum Gasteiger partial charge on any atom is -0.459 e. The van der Waals surface area contributed by atoms with Crippen molar-refractivity contribution in [2.45, 2.75) is 19.4 Å². The standard InChI is InChI=1S/C18H16N2O4/c1-12(17-10-14-7-3-5-9-16(14)24-17)19-18(21)11-13-6-2-4-8-15(13)20(22)23/h2-10,12H,11H2,1H3,(H,19,21)/t12-/m0/s1. The third-order valence-corrected chi connectivity index (χ3v) is 3.79. The first kappa shape index (κ1) is 15.7. The van der Waals surface area contributed by atoms with Crippen molar-refractivity contribution < 1.29 is 14.1 Å². The molecule has 0 saturated heterocycles. The van der Waals surface area contributed by atoms with Gasteiger partial charge in [0.15, 0.2) is 0 Å². The van der Waals surface area contributed by atoms with Gasteiger partial charge in [-0.1, -0.05) is 36.4 Å². The lowest BCUT2D eigenvalue weighted by molar-refractivity contribution is -0.385. The van der Waals surface area contributed by atoms with Crippen molar-refractivity contribution in [1.29, 1.82) is 0 Å². The van der Waals surface area contributed by atoms with Crippen LogP contribution in [0.1, 0.15) is 24.3 Å². The van der Waals surface area contributed by atoms with Gasteiger partial charge in [-0.3, -0.25) is 14.9 Å². The quantitative estimate of drug-likeness (QED) is 0.572. The summed E-state index contributed by atoms with van der Waals surface area (Å²) in [5.74, 6) is 0.351. The van der Waals surface area contributed by atoms with E-state index in [1.807, 2.05) is 37.3 Å². The van der Waals surface area contributed by atoms with Crippen LogP contribution in [-0.4, -0.2) is 10.8 Å². The van der Waals surface area contributed by atoms with Gasteiger partial charge < -0.3 is 9.73 Å². The van der Waals surface area contributed by atoms with E-state index in [4.69, 9.17) is 4.42 Å². The third-order valence-electron chi connectivity index (χ3n) is 3.79. The first-order valence-corrected chi connectivity index (χ1v) is 7.54. The van der Waals surface area contributed by atoms with Gasteiger partial charge in [0.1, 0.15) is 11.3 Å². The number of hydrogen-bond donors (Lipinski definition) is 1. The monoisotopic (exact) mass is 324 g/mol. The van der Waals surface area contributed by atoms with Gasteiger partial charge in [-0.25, -0.2) is 0 Å². The molecule has 0 aliphatic rings. The number of rotatable bonds is 5. The van der Waals surface area contributed by atoms with Crippen molar-refractivity contribution in [3.63, 3.8) is 0 Å². The zero-order valence-corrected chi connectivity index (χ0v) is 13.1. The van der Waals surface area contributed by atoms with Crippen LogP contribution in [0.5, 0.6) is 0 Å². The summed E-state index contributed by atoms with van der Waals surface area (Å²) < 4.78 is 5.72. The summed E-state index contributed by atoms with van der Waals surface area (Å²) in [6.07, 6.45) is -0.0538. The number of furan rings is 1. The lowest BCUT2D eigenvalue weighted by Crippen LogP contribution is -2.28. The molecule has 0 saturated carbocycles. The number of nitrogens with zero attached hydrogens (tertiary/aromatic N) is 1. The highest BCUT2D eigenvalue weighted by Gasteiger charge is 2.18. The van der Waals surface area contributed by atoms with Crippen LogP contribution in [-0.2, 0) is 11.2 Å². The van der Waals surface area contributed by atoms with Gasteiger partial charge in [0.25, 0.3) is 5.69 Å². The van der Waals surface area contributed by atoms with Crippen molar-refractivity contribution in [2.75, 3.05) is 0 Å². The van der Waals surface area contributed by atoms with E-state index >= 15 is 0 Å². The Bertz CT molecular complexity index is 868. The molecule has 1 amide bonds. The second-order valence-corrected chi connectivity index (χ2v) is 5.54. The number of benzene rings is 2. The maximum atomic E-state index is 12.2. The summed E-state index contributed by atoms with van der Waals surface area (Å²) in [7, 11) is 0. The number of para-hydroxylation sites is 2. The number of nitrogens with one attached hydrogen (secondary N) is 1. The van der Waals surface area contributed by atoms with Gasteiger partial charge in [-0.05, 0) is 19.1 Å². The van der Waals surface area contributed by atoms with Gasteiger partial charge >= 0.3 is 0 Å². The van der Waals surface area contributed by atoms with Gasteiger partial charge in [-0.15, -0.1) is 0 Å². The predicted octanol–water partition coefficient (Wildman–Crippen LogP) is 3.76. The van der Waals surface area contributed by atoms with Crippen LogP contribution in [0.4, 0.5) is 5.69 Å². The van der Waals surface area contributed by atoms with Crippen LogP contribution >= 0.6 is 0 Å². The van der Waals surface area contributed by atoms with Crippen molar-refractivity contribution in [1.82, 2.24) is 5.32 Å². The minimum atomic E-state index is -0.481. The maximum absolute atomic E-state index is 12.2. The fourth-order valence-corrected chi connectivity index (χ4v) is 2.59. The van der Waals surface area contributed by atoms with E-state index in [1.165, 1.54) is 6.07 Å². The maximum Gasteiger partial charge on any atom is 0.273 e. The Morgan fingerprint density at radius 1 is 1.21 bits per heavy atom. The van der Waals surface area contributed by atoms with Crippen molar-refractivity contribution in [3.8, 4) is 0 Å². The zero-order chi connectivity index (χ0) is 17.1. The Labute approximate surface area is 138 Å². The average Bonchev–Trinajstić information content (AvgIpc) is 2.99. The average molecular weight is 324 g/mol. The summed E-state index contributed by atoms with van der Waals surface area (Å²) in [6, 6.07) is 15.4. The molecule has 1 atom stereocenters. The second kappa shape index (κ2) is 6.54. The molecule has 122 valence electrons. The largest absolute Gasteiger partial charge is 0.459 e. The van der Waals surface area contributed by atoms with E-state index in [-0.39, 0.29) is 24.1 Å². The van der Waals surface area contributed by atoms with Crippen LogP contribution in [0.3, 0.4) is 0 Å². The van der Waals surface area contributed by atoms with Crippen LogP contribution < -0.4 is 5.32 Å². The lowest BCUT2D eigenvalue weighted by Gasteiger charge is -2.11. The molecule has 6 nitrogen and oxygen atoms in total. The summed E-state index contributed by atoms with van der Waals surface area (Å²) in [5, 5.41) is 14.8. The summed E-state index contributed by atoms with van der Waals surface area (Å²) in [6.45, 7) is 1.81. The van der Waals surface area contributed by atoms with Crippen molar-refractivity contribution in [3.05, 3.63) is 76.0 Å². The molecule has 1 heterocycles. The molecule has 0 bridgehead atoms. The third kappa shape index (κ3) is 3.27. The van der Waals surface area contributed by atoms with Crippen LogP contribution in [0.15, 0.2) is 59.0 Å². The predicted molar refractivity (Wildman–Crippen MR) is 89.6 cm³/mol. The molecular formula is C18H16N2O4. The van der Waals surface area contributed by atoms with E-state index in [0.717, 1.165) is 11.0 Å². The van der Waals surface area contributed by atoms with E-state index in [9.17, 15) is 14.9 Å². The van der Waals surface area contributed by atoms with E-state index < -0.39 is 4.92 Å². The summed E-state index contributed by atoms with van der Waals surface area (Å²) in [5.41, 5.74) is 1.09. The highest BCUT2D eigenvalue weighted by Crippen LogP contribution is 2.24. The molecule has 1 aromatic heterocycles. The molecular weight excluding hydrogens is 308 g/mol. The molecule has 0 radical (unpaired) electrons. The van der Waals surface area contributed by atoms with Crippen molar-refractivity contribution in [2.24, 2.45) is 0 Å². The number of hydrogen-bond acceptors (Lipinski definition) is 4. The number of nitro groups is 1. The Hall–Kier alpha value is -3.15. The summed E-state index contributed by atoms with van der Waals surface area (Å²) in [4.78, 5) is 22.7. The second-order valence-electron chi connectivity index (χ2n) is 5.54. The Kier molecular flexibility index (Phi) is 4.29. The van der Waals surface area contributed by atoms with E-state index in [0.29, 0.717) is 11.3 Å². The molecule has 1 N–H and O–H groups in total.